The molecule has 4 heteroatoms. The van der Waals surface area contributed by atoms with Crippen LogP contribution in [-0.2, 0) is 10.2 Å². The fraction of sp³-hybridized carbons (Fsp3) is 0.462. The Bertz CT molecular complexity index is 416. The lowest BCUT2D eigenvalue weighted by Crippen LogP contribution is -2.35. The van der Waals surface area contributed by atoms with Crippen LogP contribution < -0.4 is 5.32 Å². The molecule has 3 nitrogen and oxygen atoms in total. The fourth-order valence-electron chi connectivity index (χ4n) is 1.65. The van der Waals surface area contributed by atoms with E-state index >= 15 is 0 Å². The second-order valence-corrected chi connectivity index (χ2v) is 4.85. The van der Waals surface area contributed by atoms with Gasteiger partial charge >= 0.3 is 5.97 Å². The molecule has 0 unspecified atom stereocenters. The van der Waals surface area contributed by atoms with E-state index in [1.165, 1.54) is 6.07 Å². The van der Waals surface area contributed by atoms with Crippen molar-refractivity contribution in [1.29, 1.82) is 0 Å². The minimum atomic E-state index is -0.879. The highest BCUT2D eigenvalue weighted by atomic mass is 19.1. The maximum Gasteiger partial charge on any atom is 0.317 e. The predicted octanol–water partition coefficient (Wildman–Crippen LogP) is 2.09. The van der Waals surface area contributed by atoms with E-state index in [-0.39, 0.29) is 17.8 Å². The van der Waals surface area contributed by atoms with E-state index in [1.807, 2.05) is 13.8 Å². The van der Waals surface area contributed by atoms with Gasteiger partial charge in [0.2, 0.25) is 0 Å². The van der Waals surface area contributed by atoms with Crippen LogP contribution in [0.25, 0.3) is 0 Å². The molecule has 0 aliphatic carbocycles. The summed E-state index contributed by atoms with van der Waals surface area (Å²) >= 11 is 0. The summed E-state index contributed by atoms with van der Waals surface area (Å²) in [5.74, 6) is -1.10. The Hall–Kier alpha value is -1.42. The third-order valence-electron chi connectivity index (χ3n) is 2.78. The van der Waals surface area contributed by atoms with Crippen LogP contribution in [0.15, 0.2) is 18.2 Å². The van der Waals surface area contributed by atoms with Gasteiger partial charge in [-0.1, -0.05) is 26.0 Å². The van der Waals surface area contributed by atoms with Crippen LogP contribution in [0.3, 0.4) is 0 Å². The van der Waals surface area contributed by atoms with Crippen LogP contribution in [0.4, 0.5) is 4.39 Å². The number of halogens is 1. The molecule has 0 aliphatic rings. The van der Waals surface area contributed by atoms with Gasteiger partial charge in [-0.25, -0.2) is 4.39 Å². The zero-order chi connectivity index (χ0) is 13.1. The van der Waals surface area contributed by atoms with Crippen molar-refractivity contribution >= 4 is 5.97 Å². The summed E-state index contributed by atoms with van der Waals surface area (Å²) in [6.07, 6.45) is 0. The molecule has 0 aromatic heterocycles. The SMILES string of the molecule is Cc1cc(C(C)(C)CNCC(=O)O)ccc1F. The highest BCUT2D eigenvalue weighted by Gasteiger charge is 2.21. The number of carboxylic acid groups (broad SMARTS) is 1. The first-order valence-corrected chi connectivity index (χ1v) is 5.52. The van der Waals surface area contributed by atoms with Gasteiger partial charge in [0.05, 0.1) is 6.54 Å². The monoisotopic (exact) mass is 239 g/mol. The number of aliphatic carboxylic acids is 1. The van der Waals surface area contributed by atoms with Crippen LogP contribution in [0, 0.1) is 12.7 Å². The van der Waals surface area contributed by atoms with Gasteiger partial charge < -0.3 is 10.4 Å². The van der Waals surface area contributed by atoms with Crippen molar-refractivity contribution in [3.63, 3.8) is 0 Å². The molecule has 1 aromatic carbocycles. The minimum absolute atomic E-state index is 0.0659. The maximum absolute atomic E-state index is 13.2. The van der Waals surface area contributed by atoms with Crippen molar-refractivity contribution in [3.05, 3.63) is 35.1 Å². The smallest absolute Gasteiger partial charge is 0.317 e. The van der Waals surface area contributed by atoms with Crippen molar-refractivity contribution in [1.82, 2.24) is 5.32 Å². The molecule has 0 heterocycles. The summed E-state index contributed by atoms with van der Waals surface area (Å²) in [4.78, 5) is 10.4. The molecule has 0 saturated heterocycles. The fourth-order valence-corrected chi connectivity index (χ4v) is 1.65. The molecule has 0 bridgehead atoms. The van der Waals surface area contributed by atoms with Crippen LogP contribution in [0.1, 0.15) is 25.0 Å². The third-order valence-corrected chi connectivity index (χ3v) is 2.78. The Labute approximate surface area is 101 Å². The average molecular weight is 239 g/mol. The highest BCUT2D eigenvalue weighted by molar-refractivity contribution is 5.69. The van der Waals surface area contributed by atoms with Gasteiger partial charge in [0, 0.05) is 12.0 Å². The van der Waals surface area contributed by atoms with Crippen LogP contribution in [-0.4, -0.2) is 24.2 Å². The average Bonchev–Trinajstić information content (AvgIpc) is 2.21. The number of hydrogen-bond acceptors (Lipinski definition) is 2. The summed E-state index contributed by atoms with van der Waals surface area (Å²) < 4.78 is 13.2. The van der Waals surface area contributed by atoms with Crippen LogP contribution in [0.5, 0.6) is 0 Å². The van der Waals surface area contributed by atoms with Gasteiger partial charge in [-0.15, -0.1) is 0 Å². The number of carbonyl (C=O) groups is 1. The first kappa shape index (κ1) is 13.6. The van der Waals surface area contributed by atoms with Crippen molar-refractivity contribution in [2.24, 2.45) is 0 Å². The van der Waals surface area contributed by atoms with E-state index < -0.39 is 5.97 Å². The second kappa shape index (κ2) is 5.27. The van der Waals surface area contributed by atoms with Gasteiger partial charge in [0.25, 0.3) is 0 Å². The molecule has 2 N–H and O–H groups in total. The summed E-state index contributed by atoms with van der Waals surface area (Å²) in [7, 11) is 0. The third kappa shape index (κ3) is 3.82. The zero-order valence-electron chi connectivity index (χ0n) is 10.4. The van der Waals surface area contributed by atoms with Gasteiger partial charge in [-0.05, 0) is 24.1 Å². The number of hydrogen-bond donors (Lipinski definition) is 2. The normalized spacial score (nSPS) is 11.5. The van der Waals surface area contributed by atoms with Crippen molar-refractivity contribution < 1.29 is 14.3 Å². The van der Waals surface area contributed by atoms with E-state index in [1.54, 1.807) is 19.1 Å². The quantitative estimate of drug-likeness (QED) is 0.827. The van der Waals surface area contributed by atoms with Crippen molar-refractivity contribution in [2.75, 3.05) is 13.1 Å². The first-order chi connectivity index (χ1) is 7.83. The van der Waals surface area contributed by atoms with E-state index in [0.29, 0.717) is 12.1 Å². The zero-order valence-corrected chi connectivity index (χ0v) is 10.4. The van der Waals surface area contributed by atoms with Crippen LogP contribution >= 0.6 is 0 Å². The maximum atomic E-state index is 13.2. The van der Waals surface area contributed by atoms with Gasteiger partial charge in [0.15, 0.2) is 0 Å². The second-order valence-electron chi connectivity index (χ2n) is 4.85. The Morgan fingerprint density at radius 2 is 2.12 bits per heavy atom. The van der Waals surface area contributed by atoms with Gasteiger partial charge in [-0.2, -0.15) is 0 Å². The van der Waals surface area contributed by atoms with Gasteiger partial charge in [0.1, 0.15) is 5.82 Å². The number of carboxylic acids is 1. The molecule has 17 heavy (non-hydrogen) atoms. The number of rotatable bonds is 5. The number of nitrogens with one attached hydrogen (secondary N) is 1. The first-order valence-electron chi connectivity index (χ1n) is 5.52. The minimum Gasteiger partial charge on any atom is -0.480 e. The molecule has 0 radical (unpaired) electrons. The Morgan fingerprint density at radius 1 is 1.47 bits per heavy atom. The molecular formula is C13H18FNO2. The van der Waals surface area contributed by atoms with E-state index in [4.69, 9.17) is 5.11 Å². The van der Waals surface area contributed by atoms with Crippen molar-refractivity contribution in [2.45, 2.75) is 26.2 Å². The largest absolute Gasteiger partial charge is 0.480 e. The summed E-state index contributed by atoms with van der Waals surface area (Å²) in [5.41, 5.74) is 1.37. The predicted molar refractivity (Wildman–Crippen MR) is 64.7 cm³/mol. The Kier molecular flexibility index (Phi) is 4.23. The van der Waals surface area contributed by atoms with Crippen LogP contribution in [0.2, 0.25) is 0 Å². The molecule has 94 valence electrons. The summed E-state index contributed by atoms with van der Waals surface area (Å²) in [6, 6.07) is 4.99. The molecule has 1 rings (SSSR count). The molecule has 0 atom stereocenters. The summed E-state index contributed by atoms with van der Waals surface area (Å²) in [5, 5.41) is 11.4. The Morgan fingerprint density at radius 3 is 2.65 bits per heavy atom. The van der Waals surface area contributed by atoms with E-state index in [9.17, 15) is 9.18 Å². The molecular weight excluding hydrogens is 221 g/mol. The molecule has 0 saturated carbocycles. The highest BCUT2D eigenvalue weighted by Crippen LogP contribution is 2.24. The number of aryl methyl sites for hydroxylation is 1. The lowest BCUT2D eigenvalue weighted by molar-refractivity contribution is -0.136. The molecule has 0 spiro atoms. The topological polar surface area (TPSA) is 49.3 Å². The van der Waals surface area contributed by atoms with Crippen molar-refractivity contribution in [3.8, 4) is 0 Å². The van der Waals surface area contributed by atoms with Gasteiger partial charge in [-0.3, -0.25) is 4.79 Å². The van der Waals surface area contributed by atoms with E-state index in [0.717, 1.165) is 5.56 Å². The molecule has 0 amide bonds. The lowest BCUT2D eigenvalue weighted by Gasteiger charge is -2.26. The number of benzene rings is 1. The molecule has 0 fully saturated rings. The summed E-state index contributed by atoms with van der Waals surface area (Å²) in [6.45, 7) is 6.18. The Balaban J connectivity index is 2.74. The van der Waals surface area contributed by atoms with E-state index in [2.05, 4.69) is 5.32 Å². The lowest BCUT2D eigenvalue weighted by atomic mass is 9.84. The molecule has 1 aromatic rings. The standard InChI is InChI=1S/C13H18FNO2/c1-9-6-10(4-5-11(9)14)13(2,3)8-15-7-12(16)17/h4-6,15H,7-8H2,1-3H3,(H,16,17). The molecule has 0 aliphatic heterocycles.